The first-order valence-corrected chi connectivity index (χ1v) is 11.2. The van der Waals surface area contributed by atoms with Gasteiger partial charge in [0.1, 0.15) is 23.1 Å². The van der Waals surface area contributed by atoms with Crippen molar-refractivity contribution >= 4 is 33.5 Å². The van der Waals surface area contributed by atoms with Gasteiger partial charge in [-0.1, -0.05) is 5.16 Å². The topological polar surface area (TPSA) is 103 Å². The molecule has 5 rings (SSSR count). The van der Waals surface area contributed by atoms with Gasteiger partial charge in [0.2, 0.25) is 0 Å². The number of rotatable bonds is 5. The molecule has 4 heterocycles. The third kappa shape index (κ3) is 3.81. The number of hydrogen-bond acceptors (Lipinski definition) is 8. The zero-order chi connectivity index (χ0) is 24.0. The number of hydrogen-bond donors (Lipinski definition) is 1. The summed E-state index contributed by atoms with van der Waals surface area (Å²) < 4.78 is 30.1. The summed E-state index contributed by atoms with van der Waals surface area (Å²) in [6, 6.07) is 7.73. The third-order valence-corrected chi connectivity index (χ3v) is 6.10. The molecule has 10 heteroatoms. The number of fused-ring (bicyclic) bond motifs is 1. The highest BCUT2D eigenvalue weighted by Crippen LogP contribution is 2.34. The Morgan fingerprint density at radius 3 is 2.65 bits per heavy atom. The van der Waals surface area contributed by atoms with Crippen LogP contribution < -0.4 is 10.1 Å². The summed E-state index contributed by atoms with van der Waals surface area (Å²) in [6.45, 7) is 5.42. The number of pyridine rings is 1. The Morgan fingerprint density at radius 1 is 1.09 bits per heavy atom. The normalized spacial score (nSPS) is 11.2. The second-order valence-electron chi connectivity index (χ2n) is 7.67. The maximum absolute atomic E-state index is 13.8. The maximum atomic E-state index is 13.8. The first kappa shape index (κ1) is 21.8. The predicted molar refractivity (Wildman–Crippen MR) is 126 cm³/mol. The van der Waals surface area contributed by atoms with Crippen LogP contribution in [0.3, 0.4) is 0 Å². The Morgan fingerprint density at radius 2 is 1.91 bits per heavy atom. The molecular weight excluding hydrogens is 459 g/mol. The number of methoxy groups -OCH3 is 1. The molecule has 34 heavy (non-hydrogen) atoms. The molecule has 8 nitrogen and oxygen atoms in total. The van der Waals surface area contributed by atoms with Crippen molar-refractivity contribution in [1.29, 1.82) is 0 Å². The monoisotopic (exact) mass is 478 g/mol. The number of carbonyl (C=O) groups excluding carboxylic acids is 1. The van der Waals surface area contributed by atoms with Crippen LogP contribution >= 0.6 is 11.3 Å². The van der Waals surface area contributed by atoms with Crippen LogP contribution in [-0.2, 0) is 0 Å². The SMILES string of the molecule is COc1ccc(F)cc1-c1csc(NC(=O)c2cc(-c3cc(C)oc3C)nc3onc(C)c23)n1. The molecule has 0 aliphatic heterocycles. The van der Waals surface area contributed by atoms with Crippen LogP contribution in [-0.4, -0.2) is 28.1 Å². The highest BCUT2D eigenvalue weighted by atomic mass is 32.1. The van der Waals surface area contributed by atoms with E-state index in [-0.39, 0.29) is 5.71 Å². The van der Waals surface area contributed by atoms with E-state index in [2.05, 4.69) is 20.4 Å². The van der Waals surface area contributed by atoms with Gasteiger partial charge < -0.3 is 13.7 Å². The van der Waals surface area contributed by atoms with Crippen molar-refractivity contribution in [3.05, 3.63) is 64.3 Å². The van der Waals surface area contributed by atoms with E-state index in [1.807, 2.05) is 19.9 Å². The Hall–Kier alpha value is -4.05. The summed E-state index contributed by atoms with van der Waals surface area (Å²) in [5.41, 5.74) is 3.42. The quantitative estimate of drug-likeness (QED) is 0.334. The number of nitrogens with zero attached hydrogens (tertiary/aromatic N) is 3. The van der Waals surface area contributed by atoms with E-state index in [4.69, 9.17) is 13.7 Å². The summed E-state index contributed by atoms with van der Waals surface area (Å²) >= 11 is 1.22. The van der Waals surface area contributed by atoms with E-state index in [1.165, 1.54) is 36.6 Å². The lowest BCUT2D eigenvalue weighted by Crippen LogP contribution is -2.13. The summed E-state index contributed by atoms with van der Waals surface area (Å²) in [6.07, 6.45) is 0. The molecule has 0 spiro atoms. The largest absolute Gasteiger partial charge is 0.496 e. The molecule has 4 aromatic heterocycles. The number of thiazole rings is 1. The number of nitrogens with one attached hydrogen (secondary N) is 1. The fraction of sp³-hybridized carbons (Fsp3) is 0.167. The zero-order valence-electron chi connectivity index (χ0n) is 18.7. The molecule has 1 amide bonds. The van der Waals surface area contributed by atoms with Gasteiger partial charge in [0.25, 0.3) is 11.6 Å². The van der Waals surface area contributed by atoms with Crippen molar-refractivity contribution in [1.82, 2.24) is 15.1 Å². The highest BCUT2D eigenvalue weighted by Gasteiger charge is 2.22. The molecule has 1 N–H and O–H groups in total. The van der Waals surface area contributed by atoms with E-state index >= 15 is 0 Å². The molecule has 172 valence electrons. The van der Waals surface area contributed by atoms with E-state index in [9.17, 15) is 9.18 Å². The molecule has 1 aromatic carbocycles. The van der Waals surface area contributed by atoms with Gasteiger partial charge in [0, 0.05) is 16.5 Å². The molecular formula is C24H19FN4O4S. The van der Waals surface area contributed by atoms with Crippen LogP contribution in [0, 0.1) is 26.6 Å². The molecule has 0 saturated carbocycles. The molecule has 0 bridgehead atoms. The number of carbonyl (C=O) groups is 1. The van der Waals surface area contributed by atoms with Crippen LogP contribution in [0.2, 0.25) is 0 Å². The lowest BCUT2D eigenvalue weighted by atomic mass is 10.1. The molecule has 0 aliphatic carbocycles. The van der Waals surface area contributed by atoms with E-state index in [1.54, 1.807) is 18.4 Å². The fourth-order valence-electron chi connectivity index (χ4n) is 3.80. The van der Waals surface area contributed by atoms with Crippen molar-refractivity contribution in [2.45, 2.75) is 20.8 Å². The number of amides is 1. The Kier molecular flexibility index (Phi) is 5.37. The predicted octanol–water partition coefficient (Wildman–Crippen LogP) is 5.93. The lowest BCUT2D eigenvalue weighted by molar-refractivity contribution is 0.102. The number of anilines is 1. The van der Waals surface area contributed by atoms with E-state index < -0.39 is 11.7 Å². The Balaban J connectivity index is 1.52. The smallest absolute Gasteiger partial charge is 0.259 e. The molecule has 0 unspecified atom stereocenters. The number of aromatic nitrogens is 3. The van der Waals surface area contributed by atoms with Gasteiger partial charge in [0.05, 0.1) is 35.1 Å². The molecule has 0 atom stereocenters. The van der Waals surface area contributed by atoms with Gasteiger partial charge in [-0.15, -0.1) is 11.3 Å². The number of benzene rings is 1. The molecule has 5 aromatic rings. The van der Waals surface area contributed by atoms with Gasteiger partial charge in [0.15, 0.2) is 5.13 Å². The van der Waals surface area contributed by atoms with Crippen molar-refractivity contribution in [3.8, 4) is 28.3 Å². The molecule has 0 fully saturated rings. The van der Waals surface area contributed by atoms with Crippen molar-refractivity contribution in [2.75, 3.05) is 12.4 Å². The van der Waals surface area contributed by atoms with Crippen molar-refractivity contribution in [3.63, 3.8) is 0 Å². The number of furan rings is 1. The van der Waals surface area contributed by atoms with Crippen molar-refractivity contribution in [2.24, 2.45) is 0 Å². The summed E-state index contributed by atoms with van der Waals surface area (Å²) in [7, 11) is 1.50. The minimum Gasteiger partial charge on any atom is -0.496 e. The van der Waals surface area contributed by atoms with Crippen LogP contribution in [0.1, 0.15) is 27.6 Å². The lowest BCUT2D eigenvalue weighted by Gasteiger charge is -2.07. The second kappa shape index (κ2) is 8.38. The van der Waals surface area contributed by atoms with Crippen LogP contribution in [0.5, 0.6) is 5.75 Å². The molecule has 0 radical (unpaired) electrons. The third-order valence-electron chi connectivity index (χ3n) is 5.34. The van der Waals surface area contributed by atoms with E-state index in [0.717, 1.165) is 11.3 Å². The molecule has 0 saturated heterocycles. The van der Waals surface area contributed by atoms with Gasteiger partial charge in [-0.2, -0.15) is 0 Å². The summed E-state index contributed by atoms with van der Waals surface area (Å²) in [4.78, 5) is 22.3. The van der Waals surface area contributed by atoms with Crippen LogP contribution in [0.25, 0.3) is 33.6 Å². The summed E-state index contributed by atoms with van der Waals surface area (Å²) in [5.74, 6) is 1.09. The van der Waals surface area contributed by atoms with Gasteiger partial charge in [-0.05, 0) is 51.1 Å². The Bertz CT molecular complexity index is 1550. The minimum absolute atomic E-state index is 0.253. The number of halogens is 1. The molecule has 0 aliphatic rings. The van der Waals surface area contributed by atoms with Gasteiger partial charge >= 0.3 is 0 Å². The van der Waals surface area contributed by atoms with Gasteiger partial charge in [-0.3, -0.25) is 10.1 Å². The highest BCUT2D eigenvalue weighted by molar-refractivity contribution is 7.14. The second-order valence-corrected chi connectivity index (χ2v) is 8.52. The van der Waals surface area contributed by atoms with Crippen LogP contribution in [0.15, 0.2) is 44.7 Å². The number of ether oxygens (including phenoxy) is 1. The fourth-order valence-corrected chi connectivity index (χ4v) is 4.50. The van der Waals surface area contributed by atoms with Crippen molar-refractivity contribution < 1.29 is 22.9 Å². The first-order chi connectivity index (χ1) is 16.3. The minimum atomic E-state index is -0.409. The van der Waals surface area contributed by atoms with Gasteiger partial charge in [-0.25, -0.2) is 14.4 Å². The average Bonchev–Trinajstić information content (AvgIpc) is 3.52. The standard InChI is InChI=1S/C24H19FN4O4S/c1-11-7-15(13(3)32-11)18-9-17(21-12(2)29-33-23(21)26-18)22(30)28-24-27-19(10-34-24)16-8-14(25)5-6-20(16)31-4/h5-10H,1-4H3,(H,27,28,30). The van der Waals surface area contributed by atoms with Crippen LogP contribution in [0.4, 0.5) is 9.52 Å². The first-order valence-electron chi connectivity index (χ1n) is 10.3. The average molecular weight is 479 g/mol. The maximum Gasteiger partial charge on any atom is 0.259 e. The van der Waals surface area contributed by atoms with E-state index in [0.29, 0.717) is 50.2 Å². The number of aryl methyl sites for hydroxylation is 3. The Labute approximate surface area is 197 Å². The summed E-state index contributed by atoms with van der Waals surface area (Å²) in [5, 5.41) is 9.39. The zero-order valence-corrected chi connectivity index (χ0v) is 19.5.